The third-order valence-electron chi connectivity index (χ3n) is 3.72. The van der Waals surface area contributed by atoms with Crippen LogP contribution >= 0.6 is 0 Å². The van der Waals surface area contributed by atoms with E-state index < -0.39 is 0 Å². The third-order valence-corrected chi connectivity index (χ3v) is 3.72. The molecule has 0 aromatic heterocycles. The van der Waals surface area contributed by atoms with Gasteiger partial charge in [-0.25, -0.2) is 0 Å². The Labute approximate surface area is 130 Å². The SMILES string of the molecule is CCC(=CC(C)C)C(C)OCC(C)(C)COC(=O)C1CC1. The standard InChI is InChI=1S/C18H32O3/c1-7-15(10-13(2)3)14(4)20-11-18(5,6)12-21-17(19)16-8-9-16/h10,13-14,16H,7-9,11-12H2,1-6H3. The molecule has 0 radical (unpaired) electrons. The zero-order valence-corrected chi connectivity index (χ0v) is 14.6. The zero-order chi connectivity index (χ0) is 16.0. The van der Waals surface area contributed by atoms with Crippen molar-refractivity contribution in [3.8, 4) is 0 Å². The minimum atomic E-state index is -0.143. The van der Waals surface area contributed by atoms with Crippen molar-refractivity contribution in [1.29, 1.82) is 0 Å². The van der Waals surface area contributed by atoms with Gasteiger partial charge in [-0.2, -0.15) is 0 Å². The summed E-state index contributed by atoms with van der Waals surface area (Å²) in [6, 6.07) is 0. The summed E-state index contributed by atoms with van der Waals surface area (Å²) in [5.41, 5.74) is 1.20. The van der Waals surface area contributed by atoms with E-state index in [0.29, 0.717) is 19.1 Å². The first kappa shape index (κ1) is 18.2. The second-order valence-electron chi connectivity index (χ2n) is 7.34. The Kier molecular flexibility index (Phi) is 6.92. The van der Waals surface area contributed by atoms with Gasteiger partial charge in [0.15, 0.2) is 0 Å². The summed E-state index contributed by atoms with van der Waals surface area (Å²) >= 11 is 0. The fraction of sp³-hybridized carbons (Fsp3) is 0.833. The molecule has 21 heavy (non-hydrogen) atoms. The molecule has 0 bridgehead atoms. The first-order chi connectivity index (χ1) is 9.75. The molecule has 1 saturated carbocycles. The Morgan fingerprint density at radius 1 is 1.24 bits per heavy atom. The highest BCUT2D eigenvalue weighted by Gasteiger charge is 2.32. The fourth-order valence-corrected chi connectivity index (χ4v) is 2.17. The van der Waals surface area contributed by atoms with Crippen molar-refractivity contribution in [2.24, 2.45) is 17.3 Å². The van der Waals surface area contributed by atoms with E-state index >= 15 is 0 Å². The maximum Gasteiger partial charge on any atom is 0.308 e. The van der Waals surface area contributed by atoms with Crippen molar-refractivity contribution in [3.05, 3.63) is 11.6 Å². The van der Waals surface area contributed by atoms with E-state index in [0.717, 1.165) is 19.3 Å². The molecule has 3 heteroatoms. The van der Waals surface area contributed by atoms with E-state index in [9.17, 15) is 4.79 Å². The summed E-state index contributed by atoms with van der Waals surface area (Å²) < 4.78 is 11.4. The van der Waals surface area contributed by atoms with Crippen molar-refractivity contribution in [2.45, 2.75) is 66.9 Å². The molecule has 0 amide bonds. The first-order valence-corrected chi connectivity index (χ1v) is 8.24. The molecule has 1 aliphatic rings. The number of ether oxygens (including phenoxy) is 2. The van der Waals surface area contributed by atoms with Crippen LogP contribution in [0.25, 0.3) is 0 Å². The minimum absolute atomic E-state index is 0.0370. The van der Waals surface area contributed by atoms with E-state index in [2.05, 4.69) is 47.6 Å². The fourth-order valence-electron chi connectivity index (χ4n) is 2.17. The van der Waals surface area contributed by atoms with Crippen molar-refractivity contribution >= 4 is 5.97 Å². The van der Waals surface area contributed by atoms with Crippen molar-refractivity contribution in [1.82, 2.24) is 0 Å². The molecule has 3 nitrogen and oxygen atoms in total. The highest BCUT2D eigenvalue weighted by Crippen LogP contribution is 2.31. The maximum atomic E-state index is 11.6. The molecule has 0 aliphatic heterocycles. The normalized spacial score (nSPS) is 18.0. The number of hydrogen-bond donors (Lipinski definition) is 0. The average Bonchev–Trinajstić information content (AvgIpc) is 3.24. The molecule has 122 valence electrons. The van der Waals surface area contributed by atoms with E-state index in [1.807, 2.05) is 0 Å². The third kappa shape index (κ3) is 7.12. The molecule has 0 saturated heterocycles. The summed E-state index contributed by atoms with van der Waals surface area (Å²) in [5, 5.41) is 0. The highest BCUT2D eigenvalue weighted by molar-refractivity contribution is 5.74. The molecule has 1 rings (SSSR count). The Bertz CT molecular complexity index is 365. The number of esters is 1. The lowest BCUT2D eigenvalue weighted by atomic mass is 9.96. The molecule has 1 atom stereocenters. The van der Waals surface area contributed by atoms with Gasteiger partial charge in [0.2, 0.25) is 0 Å². The van der Waals surface area contributed by atoms with Gasteiger partial charge in [0, 0.05) is 5.41 Å². The number of allylic oxidation sites excluding steroid dienone is 1. The van der Waals surface area contributed by atoms with Crippen LogP contribution in [0.1, 0.15) is 60.8 Å². The predicted molar refractivity (Wildman–Crippen MR) is 86.1 cm³/mol. The first-order valence-electron chi connectivity index (χ1n) is 8.24. The monoisotopic (exact) mass is 296 g/mol. The van der Waals surface area contributed by atoms with Gasteiger partial charge < -0.3 is 9.47 Å². The summed E-state index contributed by atoms with van der Waals surface area (Å²) in [4.78, 5) is 11.6. The predicted octanol–water partition coefficient (Wildman–Crippen LogP) is 4.36. The zero-order valence-electron chi connectivity index (χ0n) is 14.6. The highest BCUT2D eigenvalue weighted by atomic mass is 16.5. The molecule has 0 aromatic carbocycles. The molecule has 0 N–H and O–H groups in total. The molecule has 0 aromatic rings. The smallest absolute Gasteiger partial charge is 0.308 e. The summed E-state index contributed by atoms with van der Waals surface area (Å²) in [5.74, 6) is 0.671. The Balaban J connectivity index is 2.38. The van der Waals surface area contributed by atoms with Gasteiger partial charge in [-0.15, -0.1) is 0 Å². The lowest BCUT2D eigenvalue weighted by Crippen LogP contribution is -2.30. The minimum Gasteiger partial charge on any atom is -0.465 e. The molecule has 0 heterocycles. The Morgan fingerprint density at radius 2 is 1.86 bits per heavy atom. The molecule has 1 aliphatic carbocycles. The summed E-state index contributed by atoms with van der Waals surface area (Å²) in [7, 11) is 0. The Hall–Kier alpha value is -0.830. The van der Waals surface area contributed by atoms with Crippen LogP contribution < -0.4 is 0 Å². The van der Waals surface area contributed by atoms with Crippen LogP contribution in [-0.2, 0) is 14.3 Å². The van der Waals surface area contributed by atoms with Crippen molar-refractivity contribution < 1.29 is 14.3 Å². The number of hydrogen-bond acceptors (Lipinski definition) is 3. The second-order valence-corrected chi connectivity index (χ2v) is 7.34. The van der Waals surface area contributed by atoms with Gasteiger partial charge in [0.25, 0.3) is 0 Å². The van der Waals surface area contributed by atoms with Gasteiger partial charge in [0.05, 0.1) is 25.2 Å². The second kappa shape index (κ2) is 7.98. The van der Waals surface area contributed by atoms with Crippen molar-refractivity contribution in [2.75, 3.05) is 13.2 Å². The van der Waals surface area contributed by atoms with E-state index in [1.54, 1.807) is 0 Å². The van der Waals surface area contributed by atoms with Crippen LogP contribution in [-0.4, -0.2) is 25.3 Å². The van der Waals surface area contributed by atoms with E-state index in [1.165, 1.54) is 5.57 Å². The number of carbonyl (C=O) groups excluding carboxylic acids is 1. The van der Waals surface area contributed by atoms with Gasteiger partial charge in [-0.3, -0.25) is 4.79 Å². The summed E-state index contributed by atoms with van der Waals surface area (Å²) in [6.07, 6.45) is 5.40. The van der Waals surface area contributed by atoms with Crippen LogP contribution in [0.15, 0.2) is 11.6 Å². The summed E-state index contributed by atoms with van der Waals surface area (Å²) in [6.45, 7) is 13.8. The molecule has 1 fully saturated rings. The van der Waals surface area contributed by atoms with E-state index in [-0.39, 0.29) is 23.4 Å². The largest absolute Gasteiger partial charge is 0.465 e. The quantitative estimate of drug-likeness (QED) is 0.468. The number of carbonyl (C=O) groups is 1. The van der Waals surface area contributed by atoms with Gasteiger partial charge >= 0.3 is 5.97 Å². The van der Waals surface area contributed by atoms with Crippen LogP contribution in [0.4, 0.5) is 0 Å². The average molecular weight is 296 g/mol. The van der Waals surface area contributed by atoms with Gasteiger partial charge in [-0.1, -0.05) is 40.7 Å². The molecule has 1 unspecified atom stereocenters. The molecular weight excluding hydrogens is 264 g/mol. The van der Waals surface area contributed by atoms with Crippen LogP contribution in [0.3, 0.4) is 0 Å². The topological polar surface area (TPSA) is 35.5 Å². The van der Waals surface area contributed by atoms with Gasteiger partial charge in [-0.05, 0) is 37.7 Å². The maximum absolute atomic E-state index is 11.6. The molecular formula is C18H32O3. The van der Waals surface area contributed by atoms with Crippen LogP contribution in [0.5, 0.6) is 0 Å². The number of rotatable bonds is 9. The molecule has 0 spiro atoms. The van der Waals surface area contributed by atoms with Crippen LogP contribution in [0, 0.1) is 17.3 Å². The van der Waals surface area contributed by atoms with E-state index in [4.69, 9.17) is 9.47 Å². The lowest BCUT2D eigenvalue weighted by molar-refractivity contribution is -0.149. The van der Waals surface area contributed by atoms with Crippen molar-refractivity contribution in [3.63, 3.8) is 0 Å². The Morgan fingerprint density at radius 3 is 2.33 bits per heavy atom. The van der Waals surface area contributed by atoms with Gasteiger partial charge in [0.1, 0.15) is 0 Å². The lowest BCUT2D eigenvalue weighted by Gasteiger charge is -2.27. The van der Waals surface area contributed by atoms with Crippen LogP contribution in [0.2, 0.25) is 0 Å².